The molecule has 0 radical (unpaired) electrons. The third-order valence-electron chi connectivity index (χ3n) is 2.99. The van der Waals surface area contributed by atoms with Gasteiger partial charge in [0.2, 0.25) is 0 Å². The Hall–Kier alpha value is -1.36. The van der Waals surface area contributed by atoms with Crippen LogP contribution in [0.25, 0.3) is 0 Å². The van der Waals surface area contributed by atoms with Crippen molar-refractivity contribution in [3.8, 4) is 0 Å². The van der Waals surface area contributed by atoms with Crippen molar-refractivity contribution in [2.75, 3.05) is 16.3 Å². The lowest BCUT2D eigenvalue weighted by molar-refractivity contribution is 0.255. The molecule has 0 fully saturated rings. The second-order valence-electron chi connectivity index (χ2n) is 4.32. The van der Waals surface area contributed by atoms with Crippen LogP contribution in [0.2, 0.25) is 10.0 Å². The highest BCUT2D eigenvalue weighted by Gasteiger charge is 2.30. The van der Waals surface area contributed by atoms with Gasteiger partial charge in [-0.3, -0.25) is 4.90 Å². The molecule has 0 spiro atoms. The number of urea groups is 1. The van der Waals surface area contributed by atoms with Crippen LogP contribution < -0.4 is 9.21 Å². The molecule has 2 aromatic rings. The van der Waals surface area contributed by atoms with Gasteiger partial charge >= 0.3 is 6.03 Å². The van der Waals surface area contributed by atoms with E-state index >= 15 is 0 Å². The average molecular weight is 325 g/mol. The number of carbonyl (C=O) groups excluding carboxylic acids is 1. The smallest absolute Gasteiger partial charge is 0.295 e. The van der Waals surface area contributed by atoms with Crippen molar-refractivity contribution < 1.29 is 4.79 Å². The van der Waals surface area contributed by atoms with Crippen molar-refractivity contribution in [1.82, 2.24) is 0 Å². The predicted octanol–water partition coefficient (Wildman–Crippen LogP) is 5.08. The van der Waals surface area contributed by atoms with E-state index in [9.17, 15) is 4.79 Å². The van der Waals surface area contributed by atoms with Crippen molar-refractivity contribution in [2.45, 2.75) is 4.90 Å². The van der Waals surface area contributed by atoms with Gasteiger partial charge in [0.1, 0.15) is 0 Å². The Kier molecular flexibility index (Phi) is 3.54. The summed E-state index contributed by atoms with van der Waals surface area (Å²) in [6.07, 6.45) is 0. The van der Waals surface area contributed by atoms with E-state index in [4.69, 9.17) is 23.2 Å². The third-order valence-corrected chi connectivity index (χ3v) is 4.57. The minimum atomic E-state index is -0.118. The van der Waals surface area contributed by atoms with Gasteiger partial charge in [-0.2, -0.15) is 0 Å². The summed E-state index contributed by atoms with van der Waals surface area (Å²) in [6, 6.07) is 12.6. The van der Waals surface area contributed by atoms with Gasteiger partial charge in [0.15, 0.2) is 0 Å². The highest BCUT2D eigenvalue weighted by Crippen LogP contribution is 2.41. The quantitative estimate of drug-likeness (QED) is 0.683. The first-order valence-electron chi connectivity index (χ1n) is 5.87. The summed E-state index contributed by atoms with van der Waals surface area (Å²) in [5, 5.41) is 1.26. The minimum absolute atomic E-state index is 0.118. The molecule has 0 aliphatic carbocycles. The number of amides is 2. The summed E-state index contributed by atoms with van der Waals surface area (Å²) in [6.45, 7) is 0. The second kappa shape index (κ2) is 5.20. The number of carbonyl (C=O) groups is 1. The fourth-order valence-corrected chi connectivity index (χ4v) is 3.28. The maximum Gasteiger partial charge on any atom is 0.339 e. The lowest BCUT2D eigenvalue weighted by atomic mass is 10.3. The summed E-state index contributed by atoms with van der Waals surface area (Å²) < 4.78 is 1.63. The zero-order valence-corrected chi connectivity index (χ0v) is 12.8. The molecule has 2 amide bonds. The van der Waals surface area contributed by atoms with E-state index in [1.807, 2.05) is 24.3 Å². The Balaban J connectivity index is 2.02. The number of fused-ring (bicyclic) bond motifs is 1. The maximum absolute atomic E-state index is 12.4. The summed E-state index contributed by atoms with van der Waals surface area (Å²) >= 11 is 13.2. The fraction of sp³-hybridized carbons (Fsp3) is 0.0714. The molecule has 0 N–H and O–H groups in total. The molecule has 3 rings (SSSR count). The van der Waals surface area contributed by atoms with Crippen molar-refractivity contribution in [2.24, 2.45) is 0 Å². The molecule has 0 atom stereocenters. The summed E-state index contributed by atoms with van der Waals surface area (Å²) in [7, 11) is 1.74. The van der Waals surface area contributed by atoms with Crippen LogP contribution in [-0.2, 0) is 0 Å². The number of hydrogen-bond donors (Lipinski definition) is 0. The Bertz CT molecular complexity index is 675. The zero-order valence-electron chi connectivity index (χ0n) is 10.5. The molecule has 0 aromatic heterocycles. The van der Waals surface area contributed by atoms with Crippen LogP contribution in [0.5, 0.6) is 0 Å². The number of anilines is 2. The topological polar surface area (TPSA) is 23.6 Å². The fourth-order valence-electron chi connectivity index (χ4n) is 1.95. The summed E-state index contributed by atoms with van der Waals surface area (Å²) in [5.41, 5.74) is 1.61. The van der Waals surface area contributed by atoms with Gasteiger partial charge in [0.05, 0.1) is 16.3 Å². The van der Waals surface area contributed by atoms with Gasteiger partial charge in [0.25, 0.3) is 0 Å². The first-order chi connectivity index (χ1) is 9.56. The molecule has 2 aromatic carbocycles. The van der Waals surface area contributed by atoms with E-state index in [-0.39, 0.29) is 6.03 Å². The van der Waals surface area contributed by atoms with E-state index in [1.165, 1.54) is 11.9 Å². The van der Waals surface area contributed by atoms with Gasteiger partial charge in [-0.25, -0.2) is 9.10 Å². The van der Waals surface area contributed by atoms with Gasteiger partial charge in [-0.05, 0) is 54.4 Å². The van der Waals surface area contributed by atoms with Crippen molar-refractivity contribution in [3.63, 3.8) is 0 Å². The molecule has 20 heavy (non-hydrogen) atoms. The van der Waals surface area contributed by atoms with Crippen molar-refractivity contribution in [1.29, 1.82) is 0 Å². The lowest BCUT2D eigenvalue weighted by Crippen LogP contribution is -2.40. The Morgan fingerprint density at radius 1 is 1.00 bits per heavy atom. The Labute approximate surface area is 131 Å². The number of benzene rings is 2. The maximum atomic E-state index is 12.4. The predicted molar refractivity (Wildman–Crippen MR) is 85.0 cm³/mol. The standard InChI is InChI=1S/C14H10Cl2N2OS/c1-17-12-8-10(16)4-7-13(12)20-18(14(17)19)11-5-2-9(15)3-6-11/h2-8H,1H3. The first kappa shape index (κ1) is 13.6. The number of rotatable bonds is 1. The van der Waals surface area contributed by atoms with Gasteiger partial charge in [0, 0.05) is 17.1 Å². The molecule has 1 aliphatic heterocycles. The summed E-state index contributed by atoms with van der Waals surface area (Å²) in [4.78, 5) is 15.0. The van der Waals surface area contributed by atoms with Crippen LogP contribution >= 0.6 is 35.1 Å². The van der Waals surface area contributed by atoms with Gasteiger partial charge in [-0.15, -0.1) is 0 Å². The normalized spacial score (nSPS) is 14.4. The molecular formula is C14H10Cl2N2OS. The molecule has 0 bridgehead atoms. The first-order valence-corrected chi connectivity index (χ1v) is 7.40. The van der Waals surface area contributed by atoms with Crippen LogP contribution in [0.1, 0.15) is 0 Å². The van der Waals surface area contributed by atoms with Crippen LogP contribution in [-0.4, -0.2) is 13.1 Å². The zero-order chi connectivity index (χ0) is 14.3. The van der Waals surface area contributed by atoms with Gasteiger partial charge < -0.3 is 0 Å². The van der Waals surface area contributed by atoms with E-state index in [0.717, 1.165) is 16.3 Å². The summed E-state index contributed by atoms with van der Waals surface area (Å²) in [5.74, 6) is 0. The molecule has 6 heteroatoms. The second-order valence-corrected chi connectivity index (χ2v) is 6.18. The molecule has 1 aliphatic rings. The minimum Gasteiger partial charge on any atom is -0.295 e. The monoisotopic (exact) mass is 324 g/mol. The van der Waals surface area contributed by atoms with Crippen molar-refractivity contribution >= 4 is 52.6 Å². The largest absolute Gasteiger partial charge is 0.339 e. The molecule has 0 saturated heterocycles. The van der Waals surface area contributed by atoms with Crippen LogP contribution in [0.15, 0.2) is 47.4 Å². The number of halogens is 2. The van der Waals surface area contributed by atoms with E-state index in [0.29, 0.717) is 10.0 Å². The lowest BCUT2D eigenvalue weighted by Gasteiger charge is -2.33. The van der Waals surface area contributed by atoms with E-state index < -0.39 is 0 Å². The highest BCUT2D eigenvalue weighted by atomic mass is 35.5. The molecule has 0 saturated carbocycles. The number of hydrogen-bond acceptors (Lipinski definition) is 2. The Morgan fingerprint density at radius 2 is 1.65 bits per heavy atom. The third kappa shape index (κ3) is 2.35. The Morgan fingerprint density at radius 3 is 2.35 bits per heavy atom. The molecule has 3 nitrogen and oxygen atoms in total. The number of nitrogens with zero attached hydrogens (tertiary/aromatic N) is 2. The molecule has 102 valence electrons. The van der Waals surface area contributed by atoms with Gasteiger partial charge in [-0.1, -0.05) is 23.2 Å². The average Bonchev–Trinajstić information content (AvgIpc) is 2.44. The molecule has 0 unspecified atom stereocenters. The SMILES string of the molecule is CN1C(=O)N(c2ccc(Cl)cc2)Sc2ccc(Cl)cc21. The van der Waals surface area contributed by atoms with Crippen LogP contribution in [0.4, 0.5) is 16.2 Å². The van der Waals surface area contributed by atoms with E-state index in [2.05, 4.69) is 0 Å². The molecular weight excluding hydrogens is 315 g/mol. The van der Waals surface area contributed by atoms with Crippen LogP contribution in [0.3, 0.4) is 0 Å². The van der Waals surface area contributed by atoms with E-state index in [1.54, 1.807) is 34.5 Å². The van der Waals surface area contributed by atoms with Crippen LogP contribution in [0, 0.1) is 0 Å². The molecule has 1 heterocycles. The van der Waals surface area contributed by atoms with Crippen molar-refractivity contribution in [3.05, 3.63) is 52.5 Å². The highest BCUT2D eigenvalue weighted by molar-refractivity contribution is 8.01.